The predicted octanol–water partition coefficient (Wildman–Crippen LogP) is 3.83. The Balaban J connectivity index is 1.91. The summed E-state index contributed by atoms with van der Waals surface area (Å²) >= 11 is 0. The van der Waals surface area contributed by atoms with Gasteiger partial charge in [0, 0.05) is 13.5 Å². The fourth-order valence-electron chi connectivity index (χ4n) is 3.07. The zero-order valence-corrected chi connectivity index (χ0v) is 11.3. The lowest BCUT2D eigenvalue weighted by atomic mass is 9.75. The number of rotatable bonds is 4. The van der Waals surface area contributed by atoms with E-state index in [0.717, 1.165) is 23.8 Å². The van der Waals surface area contributed by atoms with Crippen LogP contribution in [0.5, 0.6) is 0 Å². The van der Waals surface area contributed by atoms with Crippen LogP contribution in [0.1, 0.15) is 37.4 Å². The SMILES string of the molecule is COC1(CC(O)c2cccc3ccccc23)CCC1. The molecule has 0 bridgehead atoms. The molecule has 0 saturated heterocycles. The van der Waals surface area contributed by atoms with E-state index in [2.05, 4.69) is 18.2 Å². The second-order valence-electron chi connectivity index (χ2n) is 5.53. The van der Waals surface area contributed by atoms with Crippen LogP contribution in [-0.4, -0.2) is 17.8 Å². The molecule has 0 spiro atoms. The summed E-state index contributed by atoms with van der Waals surface area (Å²) < 4.78 is 5.62. The van der Waals surface area contributed by atoms with E-state index in [9.17, 15) is 5.11 Å². The fourth-order valence-corrected chi connectivity index (χ4v) is 3.07. The normalized spacial score (nSPS) is 19.1. The van der Waals surface area contributed by atoms with Gasteiger partial charge in [-0.25, -0.2) is 0 Å². The third-order valence-corrected chi connectivity index (χ3v) is 4.45. The minimum Gasteiger partial charge on any atom is -0.388 e. The van der Waals surface area contributed by atoms with E-state index in [0.29, 0.717) is 6.42 Å². The first-order valence-corrected chi connectivity index (χ1v) is 6.95. The lowest BCUT2D eigenvalue weighted by Gasteiger charge is -2.42. The molecule has 0 aliphatic heterocycles. The summed E-state index contributed by atoms with van der Waals surface area (Å²) in [5.74, 6) is 0. The molecule has 2 nitrogen and oxygen atoms in total. The van der Waals surface area contributed by atoms with E-state index in [1.54, 1.807) is 7.11 Å². The van der Waals surface area contributed by atoms with Crippen molar-refractivity contribution in [3.63, 3.8) is 0 Å². The first-order chi connectivity index (χ1) is 9.24. The molecule has 2 aromatic carbocycles. The Labute approximate surface area is 114 Å². The van der Waals surface area contributed by atoms with Crippen molar-refractivity contribution < 1.29 is 9.84 Å². The van der Waals surface area contributed by atoms with Crippen LogP contribution >= 0.6 is 0 Å². The molecule has 3 rings (SSSR count). The van der Waals surface area contributed by atoms with Crippen molar-refractivity contribution in [1.82, 2.24) is 0 Å². The Hall–Kier alpha value is -1.38. The van der Waals surface area contributed by atoms with Gasteiger partial charge in [-0.3, -0.25) is 0 Å². The maximum absolute atomic E-state index is 10.6. The van der Waals surface area contributed by atoms with Gasteiger partial charge in [-0.1, -0.05) is 42.5 Å². The Kier molecular flexibility index (Phi) is 3.29. The van der Waals surface area contributed by atoms with Crippen molar-refractivity contribution in [2.45, 2.75) is 37.4 Å². The standard InChI is InChI=1S/C17H20O2/c1-19-17(10-5-11-17)12-16(18)15-9-4-7-13-6-2-3-8-14(13)15/h2-4,6-9,16,18H,5,10-12H2,1H3. The quantitative estimate of drug-likeness (QED) is 0.900. The molecule has 2 aromatic rings. The van der Waals surface area contributed by atoms with Crippen molar-refractivity contribution in [3.05, 3.63) is 48.0 Å². The maximum Gasteiger partial charge on any atom is 0.0823 e. The molecule has 0 aromatic heterocycles. The zero-order valence-electron chi connectivity index (χ0n) is 11.3. The maximum atomic E-state index is 10.6. The molecule has 1 fully saturated rings. The molecule has 1 unspecified atom stereocenters. The highest BCUT2D eigenvalue weighted by Gasteiger charge is 2.39. The van der Waals surface area contributed by atoms with Crippen molar-refractivity contribution in [2.24, 2.45) is 0 Å². The molecular weight excluding hydrogens is 236 g/mol. The molecule has 0 radical (unpaired) electrons. The molecule has 1 aliphatic carbocycles. The zero-order chi connectivity index (χ0) is 13.3. The van der Waals surface area contributed by atoms with Gasteiger partial charge in [0.25, 0.3) is 0 Å². The van der Waals surface area contributed by atoms with Crippen LogP contribution in [0.3, 0.4) is 0 Å². The monoisotopic (exact) mass is 256 g/mol. The minimum atomic E-state index is -0.452. The largest absolute Gasteiger partial charge is 0.388 e. The topological polar surface area (TPSA) is 29.5 Å². The van der Waals surface area contributed by atoms with E-state index in [-0.39, 0.29) is 5.60 Å². The summed E-state index contributed by atoms with van der Waals surface area (Å²) in [4.78, 5) is 0. The van der Waals surface area contributed by atoms with Crippen LogP contribution in [0.15, 0.2) is 42.5 Å². The molecular formula is C17H20O2. The van der Waals surface area contributed by atoms with Crippen LogP contribution in [0.25, 0.3) is 10.8 Å². The number of hydrogen-bond donors (Lipinski definition) is 1. The van der Waals surface area contributed by atoms with Gasteiger partial charge in [-0.2, -0.15) is 0 Å². The Morgan fingerprint density at radius 1 is 1.16 bits per heavy atom. The number of aliphatic hydroxyl groups excluding tert-OH is 1. The van der Waals surface area contributed by atoms with Gasteiger partial charge < -0.3 is 9.84 Å². The van der Waals surface area contributed by atoms with Crippen LogP contribution in [-0.2, 0) is 4.74 Å². The average molecular weight is 256 g/mol. The Morgan fingerprint density at radius 2 is 1.89 bits per heavy atom. The summed E-state index contributed by atoms with van der Waals surface area (Å²) in [5, 5.41) is 12.9. The van der Waals surface area contributed by atoms with Gasteiger partial charge in [-0.15, -0.1) is 0 Å². The first kappa shape index (κ1) is 12.6. The molecule has 100 valence electrons. The number of methoxy groups -OCH3 is 1. The van der Waals surface area contributed by atoms with Gasteiger partial charge in [0.2, 0.25) is 0 Å². The second kappa shape index (κ2) is 4.95. The van der Waals surface area contributed by atoms with Gasteiger partial charge in [0.1, 0.15) is 0 Å². The van der Waals surface area contributed by atoms with Crippen LogP contribution in [0, 0.1) is 0 Å². The number of fused-ring (bicyclic) bond motifs is 1. The Bertz CT molecular complexity index is 561. The minimum absolute atomic E-state index is 0.101. The van der Waals surface area contributed by atoms with Crippen molar-refractivity contribution in [3.8, 4) is 0 Å². The highest BCUT2D eigenvalue weighted by atomic mass is 16.5. The highest BCUT2D eigenvalue weighted by Crippen LogP contribution is 2.42. The summed E-state index contributed by atoms with van der Waals surface area (Å²) in [6.45, 7) is 0. The molecule has 0 heterocycles. The number of ether oxygens (including phenoxy) is 1. The van der Waals surface area contributed by atoms with E-state index in [1.165, 1.54) is 11.8 Å². The van der Waals surface area contributed by atoms with E-state index in [4.69, 9.17) is 4.74 Å². The number of benzene rings is 2. The fraction of sp³-hybridized carbons (Fsp3) is 0.412. The van der Waals surface area contributed by atoms with Crippen LogP contribution in [0.2, 0.25) is 0 Å². The lowest BCUT2D eigenvalue weighted by molar-refractivity contribution is -0.0997. The Morgan fingerprint density at radius 3 is 2.58 bits per heavy atom. The summed E-state index contributed by atoms with van der Waals surface area (Å²) in [6.07, 6.45) is 3.57. The highest BCUT2D eigenvalue weighted by molar-refractivity contribution is 5.85. The second-order valence-corrected chi connectivity index (χ2v) is 5.53. The van der Waals surface area contributed by atoms with Gasteiger partial charge in [0.05, 0.1) is 11.7 Å². The molecule has 1 N–H and O–H groups in total. The van der Waals surface area contributed by atoms with Gasteiger partial charge >= 0.3 is 0 Å². The van der Waals surface area contributed by atoms with E-state index in [1.807, 2.05) is 24.3 Å². The summed E-state index contributed by atoms with van der Waals surface area (Å²) in [6, 6.07) is 14.3. The van der Waals surface area contributed by atoms with Gasteiger partial charge in [-0.05, 0) is 35.6 Å². The van der Waals surface area contributed by atoms with Crippen molar-refractivity contribution in [2.75, 3.05) is 7.11 Å². The molecule has 1 aliphatic rings. The number of aliphatic hydroxyl groups is 1. The van der Waals surface area contributed by atoms with Crippen LogP contribution < -0.4 is 0 Å². The molecule has 1 saturated carbocycles. The average Bonchev–Trinajstić information content (AvgIpc) is 2.42. The van der Waals surface area contributed by atoms with Crippen molar-refractivity contribution in [1.29, 1.82) is 0 Å². The molecule has 2 heteroatoms. The molecule has 0 amide bonds. The van der Waals surface area contributed by atoms with E-state index >= 15 is 0 Å². The number of hydrogen-bond acceptors (Lipinski definition) is 2. The van der Waals surface area contributed by atoms with E-state index < -0.39 is 6.10 Å². The smallest absolute Gasteiger partial charge is 0.0823 e. The predicted molar refractivity (Wildman–Crippen MR) is 77.1 cm³/mol. The van der Waals surface area contributed by atoms with Gasteiger partial charge in [0.15, 0.2) is 0 Å². The first-order valence-electron chi connectivity index (χ1n) is 6.95. The van der Waals surface area contributed by atoms with Crippen molar-refractivity contribution >= 4 is 10.8 Å². The molecule has 19 heavy (non-hydrogen) atoms. The summed E-state index contributed by atoms with van der Waals surface area (Å²) in [5.41, 5.74) is 0.914. The third-order valence-electron chi connectivity index (χ3n) is 4.45. The molecule has 1 atom stereocenters. The third kappa shape index (κ3) is 2.26. The van der Waals surface area contributed by atoms with Crippen LogP contribution in [0.4, 0.5) is 0 Å². The lowest BCUT2D eigenvalue weighted by Crippen LogP contribution is -2.40. The summed E-state index contributed by atoms with van der Waals surface area (Å²) in [7, 11) is 1.76.